The number of methoxy groups -OCH3 is 1. The molecule has 4 aliphatic rings. The van der Waals surface area contributed by atoms with Gasteiger partial charge in [-0.05, 0) is 98.2 Å². The Labute approximate surface area is 212 Å². The highest BCUT2D eigenvalue weighted by Crippen LogP contribution is 2.67. The lowest BCUT2D eigenvalue weighted by molar-refractivity contribution is -0.136. The second-order valence-corrected chi connectivity index (χ2v) is 12.7. The number of nitrogens with two attached hydrogens (primary N) is 1. The van der Waals surface area contributed by atoms with Crippen molar-refractivity contribution in [3.05, 3.63) is 11.8 Å². The Morgan fingerprint density at radius 3 is 2.43 bits per heavy atom. The zero-order valence-electron chi connectivity index (χ0n) is 22.6. The highest BCUT2D eigenvalue weighted by atomic mass is 16.5. The molecule has 6 heteroatoms. The number of ether oxygens (including phenoxy) is 1. The van der Waals surface area contributed by atoms with E-state index in [1.54, 1.807) is 14.1 Å². The molecule has 8 atom stereocenters. The van der Waals surface area contributed by atoms with E-state index in [2.05, 4.69) is 18.8 Å². The molecule has 0 bridgehead atoms. The predicted octanol–water partition coefficient (Wildman–Crippen LogP) is 4.48. The van der Waals surface area contributed by atoms with Gasteiger partial charge >= 0.3 is 0 Å². The SMILES string of the molecule is COCC1CCC2(C)C(CCC3C2CCC2(C)C(C(=O)CN=CC(=CN)C(=O)N(C)C)CCC32)C1. The molecule has 6 nitrogen and oxygen atoms in total. The van der Waals surface area contributed by atoms with Crippen LogP contribution in [0, 0.1) is 46.3 Å². The van der Waals surface area contributed by atoms with E-state index in [0.29, 0.717) is 16.9 Å². The number of carbonyl (C=O) groups is 2. The third-order valence-electron chi connectivity index (χ3n) is 10.9. The Balaban J connectivity index is 1.42. The minimum absolute atomic E-state index is 0.0865. The monoisotopic (exact) mass is 485 g/mol. The topological polar surface area (TPSA) is 85.0 Å². The summed E-state index contributed by atoms with van der Waals surface area (Å²) in [5.41, 5.74) is 6.49. The minimum Gasteiger partial charge on any atom is -0.404 e. The van der Waals surface area contributed by atoms with Gasteiger partial charge in [0.25, 0.3) is 5.91 Å². The molecular formula is C29H47N3O3. The molecule has 0 aliphatic heterocycles. The number of rotatable bonds is 7. The summed E-state index contributed by atoms with van der Waals surface area (Å²) < 4.78 is 5.50. The van der Waals surface area contributed by atoms with Crippen molar-refractivity contribution in [1.29, 1.82) is 0 Å². The van der Waals surface area contributed by atoms with Gasteiger partial charge in [0.05, 0.1) is 12.1 Å². The van der Waals surface area contributed by atoms with E-state index in [-0.39, 0.29) is 29.6 Å². The first-order valence-corrected chi connectivity index (χ1v) is 13.8. The van der Waals surface area contributed by atoms with Gasteiger partial charge in [0, 0.05) is 46.1 Å². The summed E-state index contributed by atoms with van der Waals surface area (Å²) in [5, 5.41) is 0. The first-order chi connectivity index (χ1) is 16.7. The fourth-order valence-corrected chi connectivity index (χ4v) is 9.03. The summed E-state index contributed by atoms with van der Waals surface area (Å²) in [4.78, 5) is 31.3. The molecule has 2 N–H and O–H groups in total. The molecule has 1 amide bonds. The lowest BCUT2D eigenvalue weighted by atomic mass is 9.44. The number of aliphatic imine (C=N–C) groups is 1. The zero-order chi connectivity index (χ0) is 25.4. The van der Waals surface area contributed by atoms with Crippen molar-refractivity contribution >= 4 is 17.9 Å². The number of nitrogens with zero attached hydrogens (tertiary/aromatic N) is 2. The second-order valence-electron chi connectivity index (χ2n) is 12.7. The molecule has 8 unspecified atom stereocenters. The van der Waals surface area contributed by atoms with Crippen LogP contribution in [0.4, 0.5) is 0 Å². The summed E-state index contributed by atoms with van der Waals surface area (Å²) in [7, 11) is 5.20. The Bertz CT molecular complexity index is 867. The van der Waals surface area contributed by atoms with Gasteiger partial charge in [-0.3, -0.25) is 14.6 Å². The van der Waals surface area contributed by atoms with E-state index >= 15 is 0 Å². The Hall–Kier alpha value is -1.69. The molecule has 0 aromatic heterocycles. The summed E-state index contributed by atoms with van der Waals surface area (Å²) >= 11 is 0. The number of ketones is 1. The molecule has 4 rings (SSSR count). The molecule has 4 aliphatic carbocycles. The van der Waals surface area contributed by atoms with Crippen molar-refractivity contribution in [2.45, 2.75) is 71.6 Å². The average molecular weight is 486 g/mol. The van der Waals surface area contributed by atoms with Crippen molar-refractivity contribution < 1.29 is 14.3 Å². The van der Waals surface area contributed by atoms with Crippen LogP contribution in [0.15, 0.2) is 16.8 Å². The van der Waals surface area contributed by atoms with E-state index in [1.807, 2.05) is 7.11 Å². The number of Topliss-reactive ketones (excluding diaryl/α,β-unsaturated/α-hetero) is 1. The van der Waals surface area contributed by atoms with Crippen molar-refractivity contribution in [3.63, 3.8) is 0 Å². The molecule has 0 aromatic carbocycles. The maximum atomic E-state index is 13.4. The Kier molecular flexibility index (Phi) is 7.80. The van der Waals surface area contributed by atoms with E-state index in [1.165, 1.54) is 62.3 Å². The summed E-state index contributed by atoms with van der Waals surface area (Å²) in [5.74, 6) is 3.93. The number of amides is 1. The average Bonchev–Trinajstić information content (AvgIpc) is 3.19. The smallest absolute Gasteiger partial charge is 0.256 e. The third-order valence-corrected chi connectivity index (χ3v) is 10.9. The zero-order valence-corrected chi connectivity index (χ0v) is 22.6. The number of hydrogen-bond acceptors (Lipinski definition) is 5. The van der Waals surface area contributed by atoms with Gasteiger partial charge in [0.15, 0.2) is 5.78 Å². The van der Waals surface area contributed by atoms with Crippen LogP contribution in [-0.2, 0) is 14.3 Å². The number of fused-ring (bicyclic) bond motifs is 5. The van der Waals surface area contributed by atoms with Crippen LogP contribution in [0.1, 0.15) is 71.6 Å². The van der Waals surface area contributed by atoms with Gasteiger partial charge < -0.3 is 15.4 Å². The first kappa shape index (κ1) is 26.4. The highest BCUT2D eigenvalue weighted by molar-refractivity contribution is 6.12. The Morgan fingerprint density at radius 1 is 1.03 bits per heavy atom. The van der Waals surface area contributed by atoms with E-state index in [4.69, 9.17) is 10.5 Å². The minimum atomic E-state index is -0.199. The van der Waals surface area contributed by atoms with E-state index in [0.717, 1.165) is 43.1 Å². The van der Waals surface area contributed by atoms with E-state index < -0.39 is 0 Å². The number of carbonyl (C=O) groups excluding carboxylic acids is 2. The molecule has 0 aromatic rings. The molecule has 0 spiro atoms. The number of hydrogen-bond donors (Lipinski definition) is 1. The van der Waals surface area contributed by atoms with Gasteiger partial charge in [0.1, 0.15) is 0 Å². The van der Waals surface area contributed by atoms with Crippen LogP contribution < -0.4 is 5.73 Å². The van der Waals surface area contributed by atoms with Crippen LogP contribution in [0.25, 0.3) is 0 Å². The van der Waals surface area contributed by atoms with Crippen molar-refractivity contribution in [2.24, 2.45) is 57.1 Å². The normalized spacial score (nSPS) is 41.2. The van der Waals surface area contributed by atoms with Gasteiger partial charge in [-0.25, -0.2) is 0 Å². The fourth-order valence-electron chi connectivity index (χ4n) is 9.03. The lowest BCUT2D eigenvalue weighted by Crippen LogP contribution is -2.54. The summed E-state index contributed by atoms with van der Waals surface area (Å²) in [6, 6.07) is 0. The molecule has 4 fully saturated rings. The Morgan fingerprint density at radius 2 is 1.74 bits per heavy atom. The van der Waals surface area contributed by atoms with Gasteiger partial charge in [-0.2, -0.15) is 0 Å². The summed E-state index contributed by atoms with van der Waals surface area (Å²) in [6.45, 7) is 6.06. The predicted molar refractivity (Wildman–Crippen MR) is 140 cm³/mol. The molecule has 35 heavy (non-hydrogen) atoms. The molecule has 0 radical (unpaired) electrons. The molecule has 0 heterocycles. The van der Waals surface area contributed by atoms with Crippen LogP contribution in [0.2, 0.25) is 0 Å². The second kappa shape index (κ2) is 10.4. The van der Waals surface area contributed by atoms with Crippen molar-refractivity contribution in [2.75, 3.05) is 34.4 Å². The van der Waals surface area contributed by atoms with E-state index in [9.17, 15) is 9.59 Å². The molecular weight excluding hydrogens is 438 g/mol. The van der Waals surface area contributed by atoms with Crippen molar-refractivity contribution in [1.82, 2.24) is 4.90 Å². The maximum absolute atomic E-state index is 13.4. The van der Waals surface area contributed by atoms with Gasteiger partial charge in [0.2, 0.25) is 0 Å². The maximum Gasteiger partial charge on any atom is 0.256 e. The van der Waals surface area contributed by atoms with Crippen LogP contribution in [0.5, 0.6) is 0 Å². The summed E-state index contributed by atoms with van der Waals surface area (Å²) in [6.07, 6.45) is 14.0. The van der Waals surface area contributed by atoms with Gasteiger partial charge in [-0.15, -0.1) is 0 Å². The molecule has 196 valence electrons. The fraction of sp³-hybridized carbons (Fsp3) is 0.828. The van der Waals surface area contributed by atoms with Gasteiger partial charge in [-0.1, -0.05) is 13.8 Å². The quantitative estimate of drug-likeness (QED) is 0.426. The third kappa shape index (κ3) is 4.72. The first-order valence-electron chi connectivity index (χ1n) is 13.8. The van der Waals surface area contributed by atoms with Crippen LogP contribution >= 0.6 is 0 Å². The molecule has 0 saturated heterocycles. The largest absolute Gasteiger partial charge is 0.404 e. The highest BCUT2D eigenvalue weighted by Gasteiger charge is 2.61. The van der Waals surface area contributed by atoms with Crippen molar-refractivity contribution in [3.8, 4) is 0 Å². The number of likely N-dealkylation sites (N-methyl/N-ethyl adjacent to an activating group) is 1. The van der Waals surface area contributed by atoms with Crippen LogP contribution in [-0.4, -0.2) is 57.2 Å². The molecule has 4 saturated carbocycles. The lowest BCUT2D eigenvalue weighted by Gasteiger charge is -2.61. The van der Waals surface area contributed by atoms with Crippen LogP contribution in [0.3, 0.4) is 0 Å². The standard InChI is InChI=1S/C29H47N3O3/c1-28-12-10-19(18-35-5)14-21(28)6-7-22-23-8-9-25(29(23,2)13-11-24(22)28)26(33)17-31-16-20(15-30)27(34)32(3)4/h15-16,19,21-25H,6-14,17-18,30H2,1-5H3.